The molecule has 10 heterocycles. The molecule has 0 bridgehead atoms. The second-order valence-electron chi connectivity index (χ2n) is 41.2. The van der Waals surface area contributed by atoms with Crippen LogP contribution in [0.4, 0.5) is 0 Å². The maximum atomic E-state index is 11.4. The number of ether oxygens (including phenoxy) is 1. The highest BCUT2D eigenvalue weighted by molar-refractivity contribution is 7.99. The summed E-state index contributed by atoms with van der Waals surface area (Å²) in [6, 6.07) is 0.132. The van der Waals surface area contributed by atoms with Gasteiger partial charge in [-0.15, -0.1) is 0 Å². The monoisotopic (exact) mass is 1650 g/mol. The van der Waals surface area contributed by atoms with Crippen LogP contribution in [-0.4, -0.2) is 372 Å². The van der Waals surface area contributed by atoms with E-state index in [-0.39, 0.29) is 43.4 Å². The van der Waals surface area contributed by atoms with E-state index in [0.29, 0.717) is 64.5 Å². The largest absolute Gasteiger partial charge is 0.379 e. The normalized spacial score (nSPS) is 22.4. The number of carbonyl (C=O) groups excluding carboxylic acids is 2. The molecule has 0 aromatic heterocycles. The van der Waals surface area contributed by atoms with Crippen LogP contribution in [0, 0.1) is 0 Å². The minimum atomic E-state index is -2.99. The highest BCUT2D eigenvalue weighted by Crippen LogP contribution is 2.26. The Morgan fingerprint density at radius 2 is 0.723 bits per heavy atom. The molecule has 10 fully saturated rings. The number of morpholine rings is 1. The number of likely N-dealkylation sites (N-methyl/N-ethyl adjacent to an activating group) is 2. The second kappa shape index (κ2) is 51.4. The number of sulfonamides is 2. The molecule has 10 aliphatic rings. The molecule has 21 nitrogen and oxygen atoms in total. The molecular weight excluding hydrogens is 1460 g/mol. The van der Waals surface area contributed by atoms with E-state index in [1.54, 1.807) is 15.5 Å². The SMILES string of the molecule is C.C.CC(=O)N1CCN(C(C)(C)C)CC1.CC(C)(C)N1CCCC1.CC(C)(C)N1CCCCC1.CC(C)(C)N1CCCCC1=O.CC(C)(C)N1CCN(S(C)(=O)=O)CC1.CC(C)(C)N1CCOCC1.CC(C)(C)N1CCSCC1.CC(C)N1CCCS1(=O)=O.CCN1CCN(C(C)(C)C)CC1.CN1CCN(C(C)(C)C)CC1. The Bertz CT molecular complexity index is 2610. The summed E-state index contributed by atoms with van der Waals surface area (Å²) >= 11 is 2.07. The van der Waals surface area contributed by atoms with Gasteiger partial charge in [-0.1, -0.05) is 28.2 Å². The molecule has 0 spiro atoms. The summed E-state index contributed by atoms with van der Waals surface area (Å²) in [6.45, 7) is 99.4. The summed E-state index contributed by atoms with van der Waals surface area (Å²) < 4.78 is 53.1. The molecule has 0 aliphatic carbocycles. The van der Waals surface area contributed by atoms with Crippen molar-refractivity contribution in [3.63, 3.8) is 0 Å². The van der Waals surface area contributed by atoms with Crippen molar-refractivity contribution in [1.82, 2.24) is 67.4 Å². The van der Waals surface area contributed by atoms with Crippen molar-refractivity contribution < 1.29 is 31.2 Å². The van der Waals surface area contributed by atoms with E-state index in [1.165, 1.54) is 154 Å². The van der Waals surface area contributed by atoms with Gasteiger partial charge in [0.05, 0.1) is 25.2 Å². The van der Waals surface area contributed by atoms with Gasteiger partial charge < -0.3 is 24.3 Å². The maximum absolute atomic E-state index is 11.4. The van der Waals surface area contributed by atoms with Gasteiger partial charge in [0.2, 0.25) is 31.9 Å². The van der Waals surface area contributed by atoms with Crippen molar-refractivity contribution >= 4 is 43.6 Å². The lowest BCUT2D eigenvalue weighted by molar-refractivity contribution is -0.138. The predicted octanol–water partition coefficient (Wildman–Crippen LogP) is 14.4. The van der Waals surface area contributed by atoms with Crippen LogP contribution in [0.1, 0.15) is 287 Å². The lowest BCUT2D eigenvalue weighted by atomic mass is 10.0. The smallest absolute Gasteiger partial charge is 0.222 e. The van der Waals surface area contributed by atoms with E-state index < -0.39 is 20.0 Å². The van der Waals surface area contributed by atoms with Gasteiger partial charge in [-0.05, 0) is 286 Å². The van der Waals surface area contributed by atoms with Crippen LogP contribution in [0.25, 0.3) is 0 Å². The zero-order valence-electron chi connectivity index (χ0n) is 78.4. The number of amides is 2. The number of piperazine rings is 4. The highest BCUT2D eigenvalue weighted by Gasteiger charge is 2.34. The van der Waals surface area contributed by atoms with Crippen LogP contribution in [0.2, 0.25) is 0 Å². The van der Waals surface area contributed by atoms with E-state index in [0.717, 1.165) is 91.4 Å². The van der Waals surface area contributed by atoms with Crippen molar-refractivity contribution in [2.24, 2.45) is 0 Å². The molecule has 0 radical (unpaired) electrons. The number of piperidine rings is 2. The molecular formula is C88H190N14O7S3. The number of hydrogen-bond donors (Lipinski definition) is 0. The van der Waals surface area contributed by atoms with Crippen molar-refractivity contribution in [3.05, 3.63) is 0 Å². The standard InChI is InChI=1S/C10H20N2O.C10H22N2.C9H20N2O2S.C9H20N2.C9H17NO.C9H19N.C8H17NO.C8H17NS.C8H17N.C6H13NO2S.2CH4/c1-9(13)11-5-7-12(8-6-11)10(2,3)4;1-5-11-6-8-12(9-7-11)10(2,3)4;1-9(2,3)10-5-7-11(8-6-10)14(4,12)13;1-9(2,3)11-7-5-10(4)6-8-11;1-9(2,3)10-7-5-4-6-8(10)11;1-9(2,3)10-7-5-4-6-8-10;2*1-8(2,3)9-4-6-10-7-5-9;1-8(2,3)9-6-4-5-7-9;1-6(2)7-4-3-5-10(7,8)9;;/h5-8H2,1-4H3;5-9H2,1-4H3;5-8H2,1-4H3;5-8H2,1-4H3;4-7H2,1-3H3;4-8H2,1-3H3;2*4-7H2,1-3H3;4-7H2,1-3H3;6H,3-5H2,1-2H3;2*1H4. The second-order valence-corrected chi connectivity index (χ2v) is 46.5. The Labute approximate surface area is 701 Å². The van der Waals surface area contributed by atoms with E-state index >= 15 is 0 Å². The number of thioether (sulfide) groups is 1. The molecule has 24 heteroatoms. The predicted molar refractivity (Wildman–Crippen MR) is 489 cm³/mol. The summed E-state index contributed by atoms with van der Waals surface area (Å²) in [5.74, 6) is 3.50. The Hall–Kier alpha value is -1.33. The van der Waals surface area contributed by atoms with Crippen LogP contribution >= 0.6 is 11.8 Å². The zero-order valence-corrected chi connectivity index (χ0v) is 80.9. The fourth-order valence-corrected chi connectivity index (χ4v) is 18.3. The highest BCUT2D eigenvalue weighted by atomic mass is 32.2. The van der Waals surface area contributed by atoms with Crippen molar-refractivity contribution in [1.29, 1.82) is 0 Å². The quantitative estimate of drug-likeness (QED) is 0.263. The molecule has 672 valence electrons. The summed E-state index contributed by atoms with van der Waals surface area (Å²) in [5, 5.41) is 0. The van der Waals surface area contributed by atoms with Crippen LogP contribution in [0.3, 0.4) is 0 Å². The fourth-order valence-electron chi connectivity index (χ4n) is 14.8. The average molecular weight is 1650 g/mol. The van der Waals surface area contributed by atoms with Crippen LogP contribution < -0.4 is 0 Å². The minimum absolute atomic E-state index is 0. The third kappa shape index (κ3) is 47.0. The van der Waals surface area contributed by atoms with Crippen LogP contribution in [0.5, 0.6) is 0 Å². The number of rotatable bonds is 3. The molecule has 0 unspecified atom stereocenters. The number of hydrogen-bond acceptors (Lipinski definition) is 18. The average Bonchev–Trinajstić information content (AvgIpc) is 1.02. The van der Waals surface area contributed by atoms with Gasteiger partial charge in [-0.2, -0.15) is 20.4 Å². The van der Waals surface area contributed by atoms with E-state index in [4.69, 9.17) is 4.74 Å². The summed E-state index contributed by atoms with van der Waals surface area (Å²) in [5.41, 5.74) is 2.66. The Morgan fingerprint density at radius 3 is 0.982 bits per heavy atom. The number of nitrogens with zero attached hydrogens (tertiary/aromatic N) is 14. The van der Waals surface area contributed by atoms with Crippen molar-refractivity contribution in [2.75, 3.05) is 220 Å². The van der Waals surface area contributed by atoms with Gasteiger partial charge in [0.25, 0.3) is 0 Å². The maximum Gasteiger partial charge on any atom is 0.222 e. The van der Waals surface area contributed by atoms with Crippen molar-refractivity contribution in [3.8, 4) is 0 Å². The fraction of sp³-hybridized carbons (Fsp3) is 0.977. The minimum Gasteiger partial charge on any atom is -0.379 e. The molecule has 10 saturated heterocycles. The van der Waals surface area contributed by atoms with Crippen LogP contribution in [-0.2, 0) is 34.4 Å². The van der Waals surface area contributed by atoms with Gasteiger partial charge in [-0.3, -0.25) is 48.8 Å². The zero-order chi connectivity index (χ0) is 84.7. The first-order chi connectivity index (χ1) is 50.1. The Kier molecular flexibility index (Phi) is 51.8. The Morgan fingerprint density at radius 1 is 0.411 bits per heavy atom. The summed E-state index contributed by atoms with van der Waals surface area (Å²) in [4.78, 5) is 51.2. The molecule has 0 N–H and O–H groups in total. The van der Waals surface area contributed by atoms with Crippen LogP contribution in [0.15, 0.2) is 0 Å². The van der Waals surface area contributed by atoms with Gasteiger partial charge in [0, 0.05) is 225 Å². The molecule has 0 atom stereocenters. The van der Waals surface area contributed by atoms with E-state index in [9.17, 15) is 26.4 Å². The first kappa shape index (κ1) is 113. The molecule has 10 aliphatic heterocycles. The first-order valence-corrected chi connectivity index (χ1v) is 47.8. The van der Waals surface area contributed by atoms with Gasteiger partial charge in [-0.25, -0.2) is 16.8 Å². The summed E-state index contributed by atoms with van der Waals surface area (Å²) in [6.07, 6.45) is 12.1. The lowest BCUT2D eigenvalue weighted by Crippen LogP contribution is -2.54. The molecule has 10 rings (SSSR count). The Balaban J connectivity index is 0. The van der Waals surface area contributed by atoms with Gasteiger partial charge in [0.15, 0.2) is 0 Å². The van der Waals surface area contributed by atoms with Gasteiger partial charge >= 0.3 is 0 Å². The molecule has 112 heavy (non-hydrogen) atoms. The number of carbonyl (C=O) groups is 2. The number of likely N-dealkylation sites (tertiary alicyclic amines) is 3. The molecule has 0 aromatic rings. The molecule has 2 amide bonds. The van der Waals surface area contributed by atoms with Crippen molar-refractivity contribution in [2.45, 2.75) is 343 Å². The topological polar surface area (TPSA) is 157 Å². The first-order valence-electron chi connectivity index (χ1n) is 43.2. The van der Waals surface area contributed by atoms with Gasteiger partial charge in [0.1, 0.15) is 0 Å². The lowest BCUT2D eigenvalue weighted by Gasteiger charge is -2.42. The molecule has 0 saturated carbocycles. The third-order valence-corrected chi connectivity index (χ3v) is 27.0. The third-order valence-electron chi connectivity index (χ3n) is 22.7. The molecule has 0 aromatic carbocycles. The van der Waals surface area contributed by atoms with E-state index in [1.807, 2.05) is 23.6 Å². The summed E-state index contributed by atoms with van der Waals surface area (Å²) in [7, 11) is -3.65. The van der Waals surface area contributed by atoms with E-state index in [2.05, 4.69) is 262 Å².